The summed E-state index contributed by atoms with van der Waals surface area (Å²) >= 11 is 5.71. The van der Waals surface area contributed by atoms with E-state index in [4.69, 9.17) is 11.6 Å². The predicted molar refractivity (Wildman–Crippen MR) is 102 cm³/mol. The van der Waals surface area contributed by atoms with Crippen molar-refractivity contribution >= 4 is 29.1 Å². The molecule has 2 heterocycles. The summed E-state index contributed by atoms with van der Waals surface area (Å²) in [6.07, 6.45) is -3.81. The number of piperazine rings is 1. The topological polar surface area (TPSA) is 64.7 Å². The van der Waals surface area contributed by atoms with Gasteiger partial charge in [-0.2, -0.15) is 13.2 Å². The summed E-state index contributed by atoms with van der Waals surface area (Å²) in [5.41, 5.74) is -1.65. The SMILES string of the molecule is O=C(CN1C[C@H]2C[C@@H]1CN2CC(=O)NC1(C(F)(F)F)CC1)Nc1ccc(F)c(Cl)c1. The van der Waals surface area contributed by atoms with Crippen LogP contribution >= 0.6 is 11.6 Å². The second-order valence-electron chi connectivity index (χ2n) is 8.21. The maximum atomic E-state index is 13.2. The van der Waals surface area contributed by atoms with Gasteiger partial charge < -0.3 is 10.6 Å². The Balaban J connectivity index is 1.25. The number of halogens is 5. The van der Waals surface area contributed by atoms with Crippen molar-refractivity contribution in [2.75, 3.05) is 31.5 Å². The van der Waals surface area contributed by atoms with Crippen molar-refractivity contribution in [2.24, 2.45) is 0 Å². The number of likely N-dealkylation sites (tertiary alicyclic amines) is 2. The van der Waals surface area contributed by atoms with Crippen molar-refractivity contribution in [1.29, 1.82) is 0 Å². The zero-order valence-corrected chi connectivity index (χ0v) is 16.7. The lowest BCUT2D eigenvalue weighted by Crippen LogP contribution is -2.54. The van der Waals surface area contributed by atoms with Crippen LogP contribution in [0.5, 0.6) is 0 Å². The van der Waals surface area contributed by atoms with Crippen LogP contribution in [0.2, 0.25) is 5.02 Å². The van der Waals surface area contributed by atoms with Crippen LogP contribution in [0, 0.1) is 5.82 Å². The summed E-state index contributed by atoms with van der Waals surface area (Å²) in [6, 6.07) is 4.00. The highest BCUT2D eigenvalue weighted by molar-refractivity contribution is 6.31. The molecule has 11 heteroatoms. The third-order valence-corrected chi connectivity index (χ3v) is 6.33. The van der Waals surface area contributed by atoms with Crippen LogP contribution < -0.4 is 10.6 Å². The zero-order valence-electron chi connectivity index (χ0n) is 15.9. The first-order chi connectivity index (χ1) is 14.1. The fraction of sp³-hybridized carbons (Fsp3) is 0.579. The van der Waals surface area contributed by atoms with Crippen LogP contribution in [0.1, 0.15) is 19.3 Å². The Morgan fingerprint density at radius 1 is 1.10 bits per heavy atom. The first kappa shape index (κ1) is 21.3. The number of nitrogens with zero attached hydrogens (tertiary/aromatic N) is 2. The Labute approximate surface area is 175 Å². The Bertz CT molecular complexity index is 861. The number of nitrogens with one attached hydrogen (secondary N) is 2. The van der Waals surface area contributed by atoms with Crippen LogP contribution in [-0.4, -0.2) is 71.6 Å². The molecule has 0 unspecified atom stereocenters. The average Bonchev–Trinajstić information content (AvgIpc) is 3.19. The average molecular weight is 449 g/mol. The number of rotatable bonds is 6. The number of amides is 2. The quantitative estimate of drug-likeness (QED) is 0.656. The molecule has 164 valence electrons. The highest BCUT2D eigenvalue weighted by Gasteiger charge is 2.64. The highest BCUT2D eigenvalue weighted by Crippen LogP contribution is 2.48. The molecule has 3 fully saturated rings. The van der Waals surface area contributed by atoms with Gasteiger partial charge in [-0.1, -0.05) is 11.6 Å². The normalized spacial score (nSPS) is 25.4. The van der Waals surface area contributed by atoms with Gasteiger partial charge in [-0.15, -0.1) is 0 Å². The Morgan fingerprint density at radius 2 is 1.70 bits per heavy atom. The Morgan fingerprint density at radius 3 is 2.20 bits per heavy atom. The number of anilines is 1. The zero-order chi connectivity index (χ0) is 21.7. The largest absolute Gasteiger partial charge is 0.411 e. The molecule has 3 aliphatic rings. The van der Waals surface area contributed by atoms with Gasteiger partial charge in [0.15, 0.2) is 0 Å². The maximum Gasteiger partial charge on any atom is 0.411 e. The van der Waals surface area contributed by atoms with E-state index in [1.807, 2.05) is 9.80 Å². The van der Waals surface area contributed by atoms with Gasteiger partial charge in [0.05, 0.1) is 18.1 Å². The molecule has 2 N–H and O–H groups in total. The minimum absolute atomic E-state index is 0.0230. The van der Waals surface area contributed by atoms with Gasteiger partial charge in [-0.3, -0.25) is 19.4 Å². The van der Waals surface area contributed by atoms with Gasteiger partial charge >= 0.3 is 6.18 Å². The van der Waals surface area contributed by atoms with E-state index in [0.717, 1.165) is 6.42 Å². The Hall–Kier alpha value is -1.91. The number of carbonyl (C=O) groups excluding carboxylic acids is 2. The van der Waals surface area contributed by atoms with Crippen molar-refractivity contribution in [3.8, 4) is 0 Å². The molecule has 1 aromatic rings. The van der Waals surface area contributed by atoms with Crippen molar-refractivity contribution in [1.82, 2.24) is 15.1 Å². The van der Waals surface area contributed by atoms with E-state index in [0.29, 0.717) is 18.8 Å². The summed E-state index contributed by atoms with van der Waals surface area (Å²) in [5, 5.41) is 4.74. The van der Waals surface area contributed by atoms with E-state index < -0.39 is 23.4 Å². The Kier molecular flexibility index (Phi) is 5.44. The summed E-state index contributed by atoms with van der Waals surface area (Å²) in [6.45, 7) is 1.13. The van der Waals surface area contributed by atoms with Crippen molar-refractivity contribution < 1.29 is 27.2 Å². The fourth-order valence-electron chi connectivity index (χ4n) is 4.27. The second kappa shape index (κ2) is 7.65. The third kappa shape index (κ3) is 4.26. The van der Waals surface area contributed by atoms with Crippen LogP contribution in [0.4, 0.5) is 23.2 Å². The van der Waals surface area contributed by atoms with Crippen molar-refractivity contribution in [3.63, 3.8) is 0 Å². The van der Waals surface area contributed by atoms with E-state index in [1.165, 1.54) is 18.2 Å². The predicted octanol–water partition coefficient (Wildman–Crippen LogP) is 2.39. The molecular formula is C19H21ClF4N4O2. The fourth-order valence-corrected chi connectivity index (χ4v) is 4.45. The number of hydrogen-bond donors (Lipinski definition) is 2. The first-order valence-electron chi connectivity index (χ1n) is 9.67. The number of alkyl halides is 3. The third-order valence-electron chi connectivity index (χ3n) is 6.04. The molecule has 2 bridgehead atoms. The number of carbonyl (C=O) groups is 2. The first-order valence-corrected chi connectivity index (χ1v) is 10.0. The number of hydrogen-bond acceptors (Lipinski definition) is 4. The molecule has 0 radical (unpaired) electrons. The summed E-state index contributed by atoms with van der Waals surface area (Å²) in [4.78, 5) is 28.3. The molecule has 0 aromatic heterocycles. The minimum atomic E-state index is -4.43. The van der Waals surface area contributed by atoms with E-state index >= 15 is 0 Å². The molecule has 1 aliphatic carbocycles. The van der Waals surface area contributed by atoms with E-state index in [1.54, 1.807) is 0 Å². The van der Waals surface area contributed by atoms with Crippen LogP contribution in [0.15, 0.2) is 18.2 Å². The van der Waals surface area contributed by atoms with Crippen LogP contribution in [0.25, 0.3) is 0 Å². The summed E-state index contributed by atoms with van der Waals surface area (Å²) < 4.78 is 52.2. The van der Waals surface area contributed by atoms with Crippen molar-refractivity contribution in [3.05, 3.63) is 29.0 Å². The molecule has 2 aliphatic heterocycles. The number of benzene rings is 1. The van der Waals surface area contributed by atoms with Gasteiger partial charge in [-0.25, -0.2) is 4.39 Å². The second-order valence-corrected chi connectivity index (χ2v) is 8.61. The minimum Gasteiger partial charge on any atom is -0.341 e. The van der Waals surface area contributed by atoms with Gasteiger partial charge in [0.1, 0.15) is 11.4 Å². The molecule has 1 saturated carbocycles. The maximum absolute atomic E-state index is 13.2. The van der Waals surface area contributed by atoms with Gasteiger partial charge in [0.2, 0.25) is 11.8 Å². The molecule has 2 atom stereocenters. The molecule has 0 spiro atoms. The van der Waals surface area contributed by atoms with E-state index in [9.17, 15) is 27.2 Å². The van der Waals surface area contributed by atoms with E-state index in [2.05, 4.69) is 10.6 Å². The molecule has 1 aromatic carbocycles. The van der Waals surface area contributed by atoms with Crippen molar-refractivity contribution in [2.45, 2.75) is 43.1 Å². The van der Waals surface area contributed by atoms with Crippen LogP contribution in [-0.2, 0) is 9.59 Å². The number of fused-ring (bicyclic) bond motifs is 2. The highest BCUT2D eigenvalue weighted by atomic mass is 35.5. The molecule has 6 nitrogen and oxygen atoms in total. The van der Waals surface area contributed by atoms with Gasteiger partial charge in [0.25, 0.3) is 0 Å². The van der Waals surface area contributed by atoms with E-state index in [-0.39, 0.29) is 48.9 Å². The smallest absolute Gasteiger partial charge is 0.341 e. The van der Waals surface area contributed by atoms with Crippen LogP contribution in [0.3, 0.4) is 0 Å². The summed E-state index contributed by atoms with van der Waals surface area (Å²) in [7, 11) is 0. The lowest BCUT2D eigenvalue weighted by molar-refractivity contribution is -0.170. The lowest BCUT2D eigenvalue weighted by Gasteiger charge is -2.33. The molecule has 2 saturated heterocycles. The molecule has 30 heavy (non-hydrogen) atoms. The molecule has 4 rings (SSSR count). The van der Waals surface area contributed by atoms with Gasteiger partial charge in [0, 0.05) is 30.9 Å². The van der Waals surface area contributed by atoms with Gasteiger partial charge in [-0.05, 0) is 37.5 Å². The molecule has 2 amide bonds. The monoisotopic (exact) mass is 448 g/mol. The lowest BCUT2D eigenvalue weighted by atomic mass is 10.2. The molecular weight excluding hydrogens is 428 g/mol. The summed E-state index contributed by atoms with van der Waals surface area (Å²) in [5.74, 6) is -1.45. The standard InChI is InChI=1S/C19H21ClF4N4O2/c20-14-5-11(1-2-15(14)21)25-16(29)9-27-7-13-6-12(27)8-28(13)10-17(30)26-18(3-4-18)19(22,23)24/h1-2,5,12-13H,3-4,6-10H2,(H,25,29)(H,26,30)/t12-,13-/m1/s1.